The summed E-state index contributed by atoms with van der Waals surface area (Å²) in [5.41, 5.74) is -0.186. The SMILES string of the molecule is CC(OC(=O)COc1ccc(C#N)cc1)C(=O)NCC(=O)Nc1ccc(F)c(F)c1F. The summed E-state index contributed by atoms with van der Waals surface area (Å²) in [4.78, 5) is 35.4. The van der Waals surface area contributed by atoms with Crippen LogP contribution in [-0.4, -0.2) is 37.0 Å². The van der Waals surface area contributed by atoms with Gasteiger partial charge in [0.25, 0.3) is 5.91 Å². The highest BCUT2D eigenvalue weighted by molar-refractivity contribution is 5.95. The van der Waals surface area contributed by atoms with Crippen molar-refractivity contribution in [2.45, 2.75) is 13.0 Å². The second kappa shape index (κ2) is 10.6. The van der Waals surface area contributed by atoms with Crippen molar-refractivity contribution < 1.29 is 37.0 Å². The summed E-state index contributed by atoms with van der Waals surface area (Å²) >= 11 is 0. The monoisotopic (exact) mass is 435 g/mol. The molecule has 2 rings (SSSR count). The number of benzene rings is 2. The smallest absolute Gasteiger partial charge is 0.344 e. The van der Waals surface area contributed by atoms with Gasteiger partial charge in [-0.1, -0.05) is 0 Å². The molecule has 2 N–H and O–H groups in total. The van der Waals surface area contributed by atoms with Crippen LogP contribution >= 0.6 is 0 Å². The van der Waals surface area contributed by atoms with Crippen LogP contribution in [0.5, 0.6) is 5.75 Å². The Labute approximate surface area is 174 Å². The molecule has 2 aromatic carbocycles. The molecular formula is C20H16F3N3O5. The lowest BCUT2D eigenvalue weighted by Gasteiger charge is -2.14. The number of nitrogens with zero attached hydrogens (tertiary/aromatic N) is 1. The van der Waals surface area contributed by atoms with Crippen molar-refractivity contribution in [3.63, 3.8) is 0 Å². The maximum absolute atomic E-state index is 13.5. The lowest BCUT2D eigenvalue weighted by Crippen LogP contribution is -2.40. The molecule has 0 aliphatic carbocycles. The highest BCUT2D eigenvalue weighted by Gasteiger charge is 2.20. The summed E-state index contributed by atoms with van der Waals surface area (Å²) in [7, 11) is 0. The van der Waals surface area contributed by atoms with Gasteiger partial charge in [-0.3, -0.25) is 9.59 Å². The second-order valence-corrected chi connectivity index (χ2v) is 6.05. The number of hydrogen-bond donors (Lipinski definition) is 2. The van der Waals surface area contributed by atoms with Crippen LogP contribution in [-0.2, 0) is 19.1 Å². The van der Waals surface area contributed by atoms with Gasteiger partial charge in [-0.15, -0.1) is 0 Å². The maximum atomic E-state index is 13.5. The summed E-state index contributed by atoms with van der Waals surface area (Å²) < 4.78 is 49.6. The van der Waals surface area contributed by atoms with Gasteiger partial charge in [0.15, 0.2) is 30.2 Å². The number of rotatable bonds is 8. The second-order valence-electron chi connectivity index (χ2n) is 6.05. The summed E-state index contributed by atoms with van der Waals surface area (Å²) in [6, 6.07) is 9.34. The summed E-state index contributed by atoms with van der Waals surface area (Å²) in [5.74, 6) is -7.03. The first-order valence-corrected chi connectivity index (χ1v) is 8.74. The number of ether oxygens (including phenoxy) is 2. The Morgan fingerprint density at radius 2 is 1.74 bits per heavy atom. The van der Waals surface area contributed by atoms with Crippen LogP contribution in [0.2, 0.25) is 0 Å². The molecule has 0 bridgehead atoms. The molecule has 11 heteroatoms. The van der Waals surface area contributed by atoms with Gasteiger partial charge in [-0.05, 0) is 43.3 Å². The number of amides is 2. The van der Waals surface area contributed by atoms with E-state index < -0.39 is 60.2 Å². The quantitative estimate of drug-likeness (QED) is 0.484. The summed E-state index contributed by atoms with van der Waals surface area (Å²) in [6.07, 6.45) is -1.27. The Balaban J connectivity index is 1.75. The molecule has 1 unspecified atom stereocenters. The Kier molecular flexibility index (Phi) is 7.96. The van der Waals surface area contributed by atoms with Crippen LogP contribution in [0.4, 0.5) is 18.9 Å². The fourth-order valence-corrected chi connectivity index (χ4v) is 2.18. The van der Waals surface area contributed by atoms with Crippen LogP contribution in [0, 0.1) is 28.8 Å². The van der Waals surface area contributed by atoms with Gasteiger partial charge in [-0.2, -0.15) is 5.26 Å². The largest absolute Gasteiger partial charge is 0.482 e. The fraction of sp³-hybridized carbons (Fsp3) is 0.200. The van der Waals surface area contributed by atoms with E-state index in [0.717, 1.165) is 6.07 Å². The minimum Gasteiger partial charge on any atom is -0.482 e. The number of hydrogen-bond acceptors (Lipinski definition) is 6. The molecule has 0 aromatic heterocycles. The first kappa shape index (κ1) is 23.2. The maximum Gasteiger partial charge on any atom is 0.344 e. The number of anilines is 1. The topological polar surface area (TPSA) is 118 Å². The predicted octanol–water partition coefficient (Wildman–Crippen LogP) is 2.04. The normalized spacial score (nSPS) is 11.1. The van der Waals surface area contributed by atoms with E-state index in [1.54, 1.807) is 0 Å². The van der Waals surface area contributed by atoms with Gasteiger partial charge < -0.3 is 20.1 Å². The Bertz CT molecular complexity index is 1020. The molecule has 0 aliphatic rings. The molecule has 31 heavy (non-hydrogen) atoms. The van der Waals surface area contributed by atoms with Crippen molar-refractivity contribution in [2.75, 3.05) is 18.5 Å². The predicted molar refractivity (Wildman–Crippen MR) is 100 cm³/mol. The zero-order valence-corrected chi connectivity index (χ0v) is 16.1. The molecule has 8 nitrogen and oxygen atoms in total. The van der Waals surface area contributed by atoms with Crippen molar-refractivity contribution in [2.24, 2.45) is 0 Å². The van der Waals surface area contributed by atoms with Gasteiger partial charge in [0.2, 0.25) is 5.91 Å². The molecule has 0 heterocycles. The highest BCUT2D eigenvalue weighted by Crippen LogP contribution is 2.19. The average Bonchev–Trinajstić information content (AvgIpc) is 2.76. The minimum absolute atomic E-state index is 0.314. The molecule has 2 aromatic rings. The number of nitriles is 1. The molecule has 0 saturated heterocycles. The minimum atomic E-state index is -1.74. The Morgan fingerprint density at radius 3 is 2.39 bits per heavy atom. The van der Waals surface area contributed by atoms with Crippen LogP contribution in [0.3, 0.4) is 0 Å². The number of nitrogens with one attached hydrogen (secondary N) is 2. The highest BCUT2D eigenvalue weighted by atomic mass is 19.2. The number of esters is 1. The van der Waals surface area contributed by atoms with E-state index in [1.165, 1.54) is 31.2 Å². The van der Waals surface area contributed by atoms with Crippen molar-refractivity contribution in [1.29, 1.82) is 5.26 Å². The molecule has 0 fully saturated rings. The third-order valence-electron chi connectivity index (χ3n) is 3.75. The molecule has 0 aliphatic heterocycles. The van der Waals surface area contributed by atoms with E-state index in [2.05, 4.69) is 5.32 Å². The van der Waals surface area contributed by atoms with E-state index in [-0.39, 0.29) is 0 Å². The molecule has 0 spiro atoms. The summed E-state index contributed by atoms with van der Waals surface area (Å²) in [6.45, 7) is 0.113. The van der Waals surface area contributed by atoms with Gasteiger partial charge in [0.05, 0.1) is 23.9 Å². The zero-order valence-electron chi connectivity index (χ0n) is 16.1. The average molecular weight is 435 g/mol. The van der Waals surface area contributed by atoms with E-state index in [9.17, 15) is 27.6 Å². The van der Waals surface area contributed by atoms with E-state index in [0.29, 0.717) is 17.4 Å². The number of carbonyl (C=O) groups is 3. The van der Waals surface area contributed by atoms with Crippen LogP contribution < -0.4 is 15.4 Å². The van der Waals surface area contributed by atoms with Gasteiger partial charge in [0, 0.05) is 0 Å². The Morgan fingerprint density at radius 1 is 1.06 bits per heavy atom. The molecule has 2 amide bonds. The number of halogens is 3. The van der Waals surface area contributed by atoms with E-state index >= 15 is 0 Å². The van der Waals surface area contributed by atoms with Crippen LogP contribution in [0.15, 0.2) is 36.4 Å². The first-order valence-electron chi connectivity index (χ1n) is 8.74. The van der Waals surface area contributed by atoms with Gasteiger partial charge in [0.1, 0.15) is 5.75 Å². The van der Waals surface area contributed by atoms with Gasteiger partial charge >= 0.3 is 5.97 Å². The van der Waals surface area contributed by atoms with Gasteiger partial charge in [-0.25, -0.2) is 18.0 Å². The van der Waals surface area contributed by atoms with Crippen molar-refractivity contribution in [1.82, 2.24) is 5.32 Å². The van der Waals surface area contributed by atoms with Crippen molar-refractivity contribution >= 4 is 23.5 Å². The van der Waals surface area contributed by atoms with E-state index in [4.69, 9.17) is 14.7 Å². The standard InChI is InChI=1S/C20H16F3N3O5/c1-11(31-17(28)10-30-13-4-2-12(8-24)3-5-13)20(29)25-9-16(27)26-15-7-6-14(21)18(22)19(15)23/h2-7,11H,9-10H2,1H3,(H,25,29)(H,26,27). The Hall–Kier alpha value is -4.07. The lowest BCUT2D eigenvalue weighted by molar-refractivity contribution is -0.156. The van der Waals surface area contributed by atoms with Crippen LogP contribution in [0.25, 0.3) is 0 Å². The van der Waals surface area contributed by atoms with Crippen molar-refractivity contribution in [3.05, 3.63) is 59.4 Å². The molecule has 0 radical (unpaired) electrons. The molecule has 0 saturated carbocycles. The first-order chi connectivity index (χ1) is 14.7. The third-order valence-corrected chi connectivity index (χ3v) is 3.75. The molecule has 162 valence electrons. The zero-order chi connectivity index (χ0) is 23.0. The van der Waals surface area contributed by atoms with E-state index in [1.807, 2.05) is 11.4 Å². The van der Waals surface area contributed by atoms with Crippen LogP contribution in [0.1, 0.15) is 12.5 Å². The number of carbonyl (C=O) groups excluding carboxylic acids is 3. The van der Waals surface area contributed by atoms with Crippen molar-refractivity contribution in [3.8, 4) is 11.8 Å². The third kappa shape index (κ3) is 6.74. The summed E-state index contributed by atoms with van der Waals surface area (Å²) in [5, 5.41) is 12.8. The lowest BCUT2D eigenvalue weighted by atomic mass is 10.2. The molecule has 1 atom stereocenters. The molecular weight excluding hydrogens is 419 g/mol. The fourth-order valence-electron chi connectivity index (χ4n) is 2.18.